The molecular formula is C21H22O12. The zero-order valence-corrected chi connectivity index (χ0v) is 16.8. The standard InChI is InChI=1S/C21H22O12/c22-6-15-17(28)18(29)19(30)21(33-15)32-14-5-9-10(24)3-8(23)4-13(9)31-20(14)7-1-11(25)16(27)12(26)2-7/h1-5,13,15,17-19,21-30H,6H2/t13?,15-,17-,18+,19-,21+/m1/s1. The van der Waals surface area contributed by atoms with Crippen LogP contribution in [0.5, 0.6) is 17.2 Å². The normalized spacial score (nSPS) is 31.7. The van der Waals surface area contributed by atoms with Crippen LogP contribution in [0.1, 0.15) is 5.56 Å². The molecule has 0 radical (unpaired) electrons. The van der Waals surface area contributed by atoms with Crippen LogP contribution in [0, 0.1) is 0 Å². The molecule has 0 saturated carbocycles. The van der Waals surface area contributed by atoms with E-state index in [9.17, 15) is 46.0 Å². The lowest BCUT2D eigenvalue weighted by Crippen LogP contribution is -2.59. The van der Waals surface area contributed by atoms with Gasteiger partial charge < -0.3 is 60.2 Å². The number of hydrogen-bond acceptors (Lipinski definition) is 12. The van der Waals surface area contributed by atoms with Crippen LogP contribution in [0.4, 0.5) is 0 Å². The van der Waals surface area contributed by atoms with Gasteiger partial charge in [0.05, 0.1) is 6.61 Å². The van der Waals surface area contributed by atoms with E-state index < -0.39 is 60.7 Å². The van der Waals surface area contributed by atoms with Crippen molar-refractivity contribution in [2.45, 2.75) is 36.8 Å². The summed E-state index contributed by atoms with van der Waals surface area (Å²) in [6.45, 7) is -0.691. The van der Waals surface area contributed by atoms with Crippen LogP contribution in [0.3, 0.4) is 0 Å². The van der Waals surface area contributed by atoms with Crippen LogP contribution < -0.4 is 0 Å². The first-order chi connectivity index (χ1) is 15.6. The average molecular weight is 466 g/mol. The Hall–Kier alpha value is -3.42. The quantitative estimate of drug-likeness (QED) is 0.257. The Morgan fingerprint density at radius 3 is 2.18 bits per heavy atom. The van der Waals surface area contributed by atoms with Crippen molar-refractivity contribution in [2.24, 2.45) is 0 Å². The molecule has 178 valence electrons. The SMILES string of the molecule is OC[C@H]1O[C@H](OC2=C(c3cc(O)c(O)c(O)c3)OC3C=C(O)C=C(O)C3=C2)[C@H](O)[C@@H](O)[C@@H]1O. The van der Waals surface area contributed by atoms with Crippen LogP contribution in [-0.2, 0) is 14.2 Å². The van der Waals surface area contributed by atoms with Gasteiger partial charge in [-0.2, -0.15) is 0 Å². The third kappa shape index (κ3) is 4.05. The molecule has 12 heteroatoms. The molecule has 0 aromatic heterocycles. The van der Waals surface area contributed by atoms with Gasteiger partial charge in [0.15, 0.2) is 28.8 Å². The molecule has 2 aliphatic heterocycles. The number of allylic oxidation sites excluding steroid dienone is 2. The van der Waals surface area contributed by atoms with Gasteiger partial charge in [-0.3, -0.25) is 0 Å². The molecule has 0 amide bonds. The van der Waals surface area contributed by atoms with Crippen molar-refractivity contribution >= 4 is 5.76 Å². The van der Waals surface area contributed by atoms with Gasteiger partial charge in [-0.25, -0.2) is 0 Å². The van der Waals surface area contributed by atoms with Gasteiger partial charge in [-0.05, 0) is 18.2 Å². The second kappa shape index (κ2) is 8.50. The molecule has 3 aliphatic rings. The maximum atomic E-state index is 10.3. The minimum atomic E-state index is -1.76. The molecule has 4 rings (SSSR count). The van der Waals surface area contributed by atoms with E-state index in [0.29, 0.717) is 0 Å². The summed E-state index contributed by atoms with van der Waals surface area (Å²) >= 11 is 0. The second-order valence-corrected chi connectivity index (χ2v) is 7.63. The Bertz CT molecular complexity index is 1050. The van der Waals surface area contributed by atoms with Crippen molar-refractivity contribution in [3.05, 3.63) is 58.8 Å². The Morgan fingerprint density at radius 2 is 1.55 bits per heavy atom. The van der Waals surface area contributed by atoms with Crippen LogP contribution >= 0.6 is 0 Å². The van der Waals surface area contributed by atoms with Gasteiger partial charge in [-0.1, -0.05) is 0 Å². The van der Waals surface area contributed by atoms with Gasteiger partial charge >= 0.3 is 0 Å². The highest BCUT2D eigenvalue weighted by molar-refractivity contribution is 5.72. The maximum absolute atomic E-state index is 10.3. The Kier molecular flexibility index (Phi) is 5.86. The van der Waals surface area contributed by atoms with Crippen molar-refractivity contribution in [2.75, 3.05) is 6.61 Å². The zero-order chi connectivity index (χ0) is 24.0. The maximum Gasteiger partial charge on any atom is 0.229 e. The van der Waals surface area contributed by atoms with Gasteiger partial charge in [-0.15, -0.1) is 0 Å². The monoisotopic (exact) mass is 466 g/mol. The average Bonchev–Trinajstić information content (AvgIpc) is 2.77. The molecule has 9 N–H and O–H groups in total. The van der Waals surface area contributed by atoms with E-state index in [1.54, 1.807) is 0 Å². The number of benzene rings is 1. The highest BCUT2D eigenvalue weighted by Gasteiger charge is 2.45. The van der Waals surface area contributed by atoms with E-state index >= 15 is 0 Å². The molecule has 1 fully saturated rings. The fourth-order valence-corrected chi connectivity index (χ4v) is 3.63. The summed E-state index contributed by atoms with van der Waals surface area (Å²) in [5.41, 5.74) is 0.142. The number of aliphatic hydroxyl groups excluding tert-OH is 6. The van der Waals surface area contributed by atoms with Crippen LogP contribution in [-0.4, -0.2) is 89.4 Å². The van der Waals surface area contributed by atoms with Crippen molar-refractivity contribution in [3.63, 3.8) is 0 Å². The molecule has 2 heterocycles. The van der Waals surface area contributed by atoms with Crippen molar-refractivity contribution in [1.29, 1.82) is 0 Å². The Labute approximate surface area is 186 Å². The third-order valence-corrected chi connectivity index (χ3v) is 5.39. The van der Waals surface area contributed by atoms with E-state index in [-0.39, 0.29) is 34.2 Å². The Balaban J connectivity index is 1.79. The van der Waals surface area contributed by atoms with Crippen LogP contribution in [0.25, 0.3) is 5.76 Å². The Morgan fingerprint density at radius 1 is 0.879 bits per heavy atom. The molecular weight excluding hydrogens is 444 g/mol. The predicted octanol–water partition coefficient (Wildman–Crippen LogP) is -0.489. The number of rotatable bonds is 4. The summed E-state index contributed by atoms with van der Waals surface area (Å²) < 4.78 is 16.8. The topological polar surface area (TPSA) is 210 Å². The van der Waals surface area contributed by atoms with E-state index in [1.807, 2.05) is 0 Å². The van der Waals surface area contributed by atoms with E-state index in [4.69, 9.17) is 14.2 Å². The fourth-order valence-electron chi connectivity index (χ4n) is 3.63. The minimum Gasteiger partial charge on any atom is -0.508 e. The van der Waals surface area contributed by atoms with E-state index in [2.05, 4.69) is 0 Å². The predicted molar refractivity (Wildman–Crippen MR) is 108 cm³/mol. The van der Waals surface area contributed by atoms with E-state index in [1.165, 1.54) is 12.2 Å². The molecule has 33 heavy (non-hydrogen) atoms. The summed E-state index contributed by atoms with van der Waals surface area (Å²) in [5, 5.41) is 89.2. The van der Waals surface area contributed by atoms with Crippen LogP contribution in [0.15, 0.2) is 53.2 Å². The first-order valence-corrected chi connectivity index (χ1v) is 9.77. The van der Waals surface area contributed by atoms with E-state index in [0.717, 1.165) is 18.2 Å². The zero-order valence-electron chi connectivity index (χ0n) is 16.8. The van der Waals surface area contributed by atoms with Gasteiger partial charge in [0, 0.05) is 23.3 Å². The van der Waals surface area contributed by atoms with Gasteiger partial charge in [0.2, 0.25) is 6.29 Å². The van der Waals surface area contributed by atoms with Crippen molar-refractivity contribution < 1.29 is 60.2 Å². The third-order valence-electron chi connectivity index (χ3n) is 5.39. The first kappa shape index (κ1) is 22.8. The highest BCUT2D eigenvalue weighted by Crippen LogP contribution is 2.42. The summed E-state index contributed by atoms with van der Waals surface area (Å²) in [6.07, 6.45) is -5.38. The molecule has 6 atom stereocenters. The molecule has 1 saturated heterocycles. The number of hydrogen-bond donors (Lipinski definition) is 9. The first-order valence-electron chi connectivity index (χ1n) is 9.77. The number of phenolic OH excluding ortho intramolecular Hbond substituents is 3. The number of aromatic hydroxyl groups is 3. The van der Waals surface area contributed by atoms with Crippen molar-refractivity contribution in [1.82, 2.24) is 0 Å². The number of aliphatic hydroxyl groups is 6. The van der Waals surface area contributed by atoms with Gasteiger partial charge in [0.1, 0.15) is 42.0 Å². The van der Waals surface area contributed by atoms with Crippen LogP contribution in [0.2, 0.25) is 0 Å². The molecule has 0 bridgehead atoms. The largest absolute Gasteiger partial charge is 0.508 e. The number of fused-ring (bicyclic) bond motifs is 1. The molecule has 1 aromatic rings. The summed E-state index contributed by atoms with van der Waals surface area (Å²) in [6, 6.07) is 2.09. The fraction of sp³-hybridized carbons (Fsp3) is 0.333. The molecule has 1 aromatic carbocycles. The minimum absolute atomic E-state index is 0.000349. The summed E-state index contributed by atoms with van der Waals surface area (Å²) in [4.78, 5) is 0. The summed E-state index contributed by atoms with van der Waals surface area (Å²) in [5.74, 6) is -3.16. The number of ether oxygens (including phenoxy) is 3. The van der Waals surface area contributed by atoms with Crippen molar-refractivity contribution in [3.8, 4) is 17.2 Å². The molecule has 1 unspecified atom stereocenters. The second-order valence-electron chi connectivity index (χ2n) is 7.63. The molecule has 12 nitrogen and oxygen atoms in total. The lowest BCUT2D eigenvalue weighted by molar-refractivity contribution is -0.290. The lowest BCUT2D eigenvalue weighted by atomic mass is 9.96. The highest BCUT2D eigenvalue weighted by atomic mass is 16.7. The van der Waals surface area contributed by atoms with Gasteiger partial charge in [0.25, 0.3) is 0 Å². The molecule has 0 spiro atoms. The molecule has 1 aliphatic carbocycles. The smallest absolute Gasteiger partial charge is 0.229 e. The summed E-state index contributed by atoms with van der Waals surface area (Å²) in [7, 11) is 0. The number of phenols is 3. The lowest BCUT2D eigenvalue weighted by Gasteiger charge is -2.40.